The minimum atomic E-state index is -0.401. The standard InChI is InChI=1S/C17H25N3O3/c1-5-8-9-10-20-16-13(11-18-20)15(22-6-2)14(12(4)19-16)17(21)23-7-3/h11H,5-10H2,1-4H3. The van der Waals surface area contributed by atoms with Crippen molar-refractivity contribution in [1.29, 1.82) is 0 Å². The summed E-state index contributed by atoms with van der Waals surface area (Å²) in [5, 5.41) is 5.18. The van der Waals surface area contributed by atoms with Gasteiger partial charge in [0.1, 0.15) is 11.3 Å². The number of aryl methyl sites for hydroxylation is 2. The van der Waals surface area contributed by atoms with Crippen molar-refractivity contribution < 1.29 is 14.3 Å². The molecular formula is C17H25N3O3. The molecule has 126 valence electrons. The number of hydrogen-bond acceptors (Lipinski definition) is 5. The Labute approximate surface area is 136 Å². The second kappa shape index (κ2) is 7.94. The first-order valence-electron chi connectivity index (χ1n) is 8.29. The van der Waals surface area contributed by atoms with Crippen molar-refractivity contribution in [3.8, 4) is 5.75 Å². The summed E-state index contributed by atoms with van der Waals surface area (Å²) in [6, 6.07) is 0. The van der Waals surface area contributed by atoms with Gasteiger partial charge in [-0.15, -0.1) is 0 Å². The molecule has 0 amide bonds. The van der Waals surface area contributed by atoms with E-state index in [0.29, 0.717) is 30.2 Å². The topological polar surface area (TPSA) is 66.2 Å². The van der Waals surface area contributed by atoms with Crippen LogP contribution in [0.2, 0.25) is 0 Å². The molecule has 0 saturated carbocycles. The third-order valence-corrected chi connectivity index (χ3v) is 3.66. The number of nitrogens with zero attached hydrogens (tertiary/aromatic N) is 3. The monoisotopic (exact) mass is 319 g/mol. The molecule has 0 aromatic carbocycles. The molecule has 0 N–H and O–H groups in total. The zero-order chi connectivity index (χ0) is 16.8. The molecule has 0 bridgehead atoms. The molecular weight excluding hydrogens is 294 g/mol. The number of ether oxygens (including phenoxy) is 2. The first-order valence-corrected chi connectivity index (χ1v) is 8.29. The number of aromatic nitrogens is 3. The summed E-state index contributed by atoms with van der Waals surface area (Å²) in [7, 11) is 0. The molecule has 23 heavy (non-hydrogen) atoms. The number of rotatable bonds is 8. The lowest BCUT2D eigenvalue weighted by molar-refractivity contribution is 0.0521. The average Bonchev–Trinajstić information content (AvgIpc) is 2.91. The maximum Gasteiger partial charge on any atom is 0.343 e. The van der Waals surface area contributed by atoms with Gasteiger partial charge < -0.3 is 9.47 Å². The van der Waals surface area contributed by atoms with Crippen molar-refractivity contribution in [3.05, 3.63) is 17.5 Å². The van der Waals surface area contributed by atoms with Gasteiger partial charge >= 0.3 is 5.97 Å². The highest BCUT2D eigenvalue weighted by molar-refractivity contribution is 6.00. The molecule has 6 heteroatoms. The summed E-state index contributed by atoms with van der Waals surface area (Å²) in [6.45, 7) is 9.24. The van der Waals surface area contributed by atoms with E-state index in [9.17, 15) is 4.79 Å². The Morgan fingerprint density at radius 2 is 2.00 bits per heavy atom. The number of carbonyl (C=O) groups is 1. The van der Waals surface area contributed by atoms with Crippen molar-refractivity contribution in [2.45, 2.75) is 53.5 Å². The van der Waals surface area contributed by atoms with Crippen LogP contribution >= 0.6 is 0 Å². The fourth-order valence-corrected chi connectivity index (χ4v) is 2.58. The van der Waals surface area contributed by atoms with Crippen LogP contribution < -0.4 is 4.74 Å². The minimum Gasteiger partial charge on any atom is -0.492 e. The van der Waals surface area contributed by atoms with Crippen molar-refractivity contribution in [2.75, 3.05) is 13.2 Å². The number of hydrogen-bond donors (Lipinski definition) is 0. The van der Waals surface area contributed by atoms with Gasteiger partial charge in [-0.1, -0.05) is 19.8 Å². The third-order valence-electron chi connectivity index (χ3n) is 3.66. The zero-order valence-corrected chi connectivity index (χ0v) is 14.4. The molecule has 6 nitrogen and oxygen atoms in total. The van der Waals surface area contributed by atoms with Gasteiger partial charge in [-0.3, -0.25) is 0 Å². The molecule has 2 aromatic heterocycles. The Bertz CT molecular complexity index is 679. The second-order valence-electron chi connectivity index (χ2n) is 5.37. The van der Waals surface area contributed by atoms with Gasteiger partial charge in [0.15, 0.2) is 5.65 Å². The maximum atomic E-state index is 12.3. The molecule has 0 aliphatic carbocycles. The molecule has 0 radical (unpaired) electrons. The fraction of sp³-hybridized carbons (Fsp3) is 0.588. The molecule has 0 aliphatic heterocycles. The summed E-state index contributed by atoms with van der Waals surface area (Å²) in [6.07, 6.45) is 5.08. The second-order valence-corrected chi connectivity index (χ2v) is 5.37. The molecule has 2 heterocycles. The van der Waals surface area contributed by atoms with Crippen molar-refractivity contribution in [2.24, 2.45) is 0 Å². The number of unbranched alkanes of at least 4 members (excludes halogenated alkanes) is 2. The molecule has 0 saturated heterocycles. The average molecular weight is 319 g/mol. The van der Waals surface area contributed by atoms with E-state index >= 15 is 0 Å². The Hall–Kier alpha value is -2.11. The molecule has 2 rings (SSSR count). The Morgan fingerprint density at radius 1 is 1.22 bits per heavy atom. The van der Waals surface area contributed by atoms with Crippen LogP contribution in [0.1, 0.15) is 56.1 Å². The largest absolute Gasteiger partial charge is 0.492 e. The summed E-state index contributed by atoms with van der Waals surface area (Å²) in [5.74, 6) is 0.122. The van der Waals surface area contributed by atoms with Gasteiger partial charge in [-0.05, 0) is 27.2 Å². The van der Waals surface area contributed by atoms with E-state index in [4.69, 9.17) is 9.47 Å². The van der Waals surface area contributed by atoms with Gasteiger partial charge in [0.25, 0.3) is 0 Å². The lowest BCUT2D eigenvalue weighted by atomic mass is 10.1. The first-order chi connectivity index (χ1) is 11.1. The molecule has 2 aromatic rings. The molecule has 0 aliphatic rings. The van der Waals surface area contributed by atoms with Crippen LogP contribution in [0, 0.1) is 6.92 Å². The van der Waals surface area contributed by atoms with E-state index in [2.05, 4.69) is 17.0 Å². The van der Waals surface area contributed by atoms with Gasteiger partial charge in [0.2, 0.25) is 0 Å². The third kappa shape index (κ3) is 3.63. The van der Waals surface area contributed by atoms with E-state index < -0.39 is 5.97 Å². The van der Waals surface area contributed by atoms with E-state index in [0.717, 1.165) is 36.8 Å². The Kier molecular flexibility index (Phi) is 5.96. The van der Waals surface area contributed by atoms with Crippen molar-refractivity contribution in [1.82, 2.24) is 14.8 Å². The number of pyridine rings is 1. The van der Waals surface area contributed by atoms with Gasteiger partial charge in [-0.2, -0.15) is 5.10 Å². The van der Waals surface area contributed by atoms with E-state index in [1.165, 1.54) is 0 Å². The summed E-state index contributed by atoms with van der Waals surface area (Å²) in [5.41, 5.74) is 1.76. The summed E-state index contributed by atoms with van der Waals surface area (Å²) < 4.78 is 12.8. The minimum absolute atomic E-state index is 0.318. The van der Waals surface area contributed by atoms with Crippen LogP contribution in [0.25, 0.3) is 11.0 Å². The highest BCUT2D eigenvalue weighted by Gasteiger charge is 2.23. The van der Waals surface area contributed by atoms with Crippen LogP contribution in [0.4, 0.5) is 0 Å². The SMILES string of the molecule is CCCCCn1ncc2c(OCC)c(C(=O)OCC)c(C)nc21. The number of esters is 1. The van der Waals surface area contributed by atoms with Crippen LogP contribution in [-0.4, -0.2) is 33.9 Å². The summed E-state index contributed by atoms with van der Waals surface area (Å²) in [4.78, 5) is 16.8. The van der Waals surface area contributed by atoms with Gasteiger partial charge in [0.05, 0.1) is 30.5 Å². The predicted octanol–water partition coefficient (Wildman–Crippen LogP) is 3.51. The van der Waals surface area contributed by atoms with Crippen LogP contribution in [0.3, 0.4) is 0 Å². The lowest BCUT2D eigenvalue weighted by Gasteiger charge is -2.13. The van der Waals surface area contributed by atoms with Crippen LogP contribution in [-0.2, 0) is 11.3 Å². The lowest BCUT2D eigenvalue weighted by Crippen LogP contribution is -2.12. The number of fused-ring (bicyclic) bond motifs is 1. The molecule has 0 fully saturated rings. The fourth-order valence-electron chi connectivity index (χ4n) is 2.58. The van der Waals surface area contributed by atoms with E-state index in [1.807, 2.05) is 11.6 Å². The maximum absolute atomic E-state index is 12.3. The van der Waals surface area contributed by atoms with Gasteiger partial charge in [0, 0.05) is 6.54 Å². The smallest absolute Gasteiger partial charge is 0.343 e. The summed E-state index contributed by atoms with van der Waals surface area (Å²) >= 11 is 0. The highest BCUT2D eigenvalue weighted by atomic mass is 16.5. The van der Waals surface area contributed by atoms with Crippen molar-refractivity contribution >= 4 is 17.0 Å². The number of carbonyl (C=O) groups excluding carboxylic acids is 1. The molecule has 0 spiro atoms. The first kappa shape index (κ1) is 17.2. The highest BCUT2D eigenvalue weighted by Crippen LogP contribution is 2.31. The zero-order valence-electron chi connectivity index (χ0n) is 14.4. The normalized spacial score (nSPS) is 11.0. The predicted molar refractivity (Wildman–Crippen MR) is 88.9 cm³/mol. The van der Waals surface area contributed by atoms with Crippen molar-refractivity contribution in [3.63, 3.8) is 0 Å². The van der Waals surface area contributed by atoms with E-state index in [1.54, 1.807) is 20.0 Å². The van der Waals surface area contributed by atoms with Crippen LogP contribution in [0.15, 0.2) is 6.20 Å². The van der Waals surface area contributed by atoms with Gasteiger partial charge in [-0.25, -0.2) is 14.5 Å². The van der Waals surface area contributed by atoms with E-state index in [-0.39, 0.29) is 0 Å². The molecule has 0 atom stereocenters. The quantitative estimate of drug-likeness (QED) is 0.550. The van der Waals surface area contributed by atoms with Crippen LogP contribution in [0.5, 0.6) is 5.75 Å². The molecule has 0 unspecified atom stereocenters. The Morgan fingerprint density at radius 3 is 2.65 bits per heavy atom. The Balaban J connectivity index is 2.50.